The van der Waals surface area contributed by atoms with Crippen LogP contribution in [0.4, 0.5) is 14.6 Å². The van der Waals surface area contributed by atoms with Crippen molar-refractivity contribution < 1.29 is 8.78 Å². The fourth-order valence-electron chi connectivity index (χ4n) is 1.21. The number of rotatable bonds is 1. The molecule has 0 atom stereocenters. The normalized spacial score (nSPS) is 19.3. The van der Waals surface area contributed by atoms with Crippen molar-refractivity contribution in [2.24, 2.45) is 0 Å². The number of hydrogen-bond acceptors (Lipinski definition) is 3. The second kappa shape index (κ2) is 3.41. The molecule has 0 aromatic carbocycles. The van der Waals surface area contributed by atoms with Crippen molar-refractivity contribution in [2.75, 3.05) is 18.0 Å². The predicted molar refractivity (Wildman–Crippen MR) is 56.9 cm³/mol. The summed E-state index contributed by atoms with van der Waals surface area (Å²) in [5, 5.41) is 0.174. The van der Waals surface area contributed by atoms with E-state index in [1.807, 2.05) is 22.6 Å². The Labute approximate surface area is 97.6 Å². The van der Waals surface area contributed by atoms with E-state index in [4.69, 9.17) is 11.6 Å². The van der Waals surface area contributed by atoms with E-state index in [0.29, 0.717) is 9.52 Å². The summed E-state index contributed by atoms with van der Waals surface area (Å²) < 4.78 is 25.7. The highest BCUT2D eigenvalue weighted by Gasteiger charge is 2.45. The van der Waals surface area contributed by atoms with Crippen LogP contribution in [0, 0.1) is 3.70 Å². The molecule has 76 valence electrons. The van der Waals surface area contributed by atoms with Gasteiger partial charge in [-0.2, -0.15) is 0 Å². The van der Waals surface area contributed by atoms with Crippen LogP contribution in [0.2, 0.25) is 5.15 Å². The molecule has 2 rings (SSSR count). The summed E-state index contributed by atoms with van der Waals surface area (Å²) in [6.45, 7) is -0.663. The summed E-state index contributed by atoms with van der Waals surface area (Å²) in [6, 6.07) is 0. The van der Waals surface area contributed by atoms with Crippen LogP contribution >= 0.6 is 34.2 Å². The van der Waals surface area contributed by atoms with E-state index in [1.165, 1.54) is 11.1 Å². The van der Waals surface area contributed by atoms with Crippen molar-refractivity contribution in [3.63, 3.8) is 0 Å². The molecule has 0 aliphatic carbocycles. The third kappa shape index (κ3) is 1.90. The second-order valence-electron chi connectivity index (χ2n) is 3.02. The van der Waals surface area contributed by atoms with Gasteiger partial charge < -0.3 is 4.90 Å². The summed E-state index contributed by atoms with van der Waals surface area (Å²) in [7, 11) is 0. The van der Waals surface area contributed by atoms with Gasteiger partial charge in [-0.25, -0.2) is 18.7 Å². The summed E-state index contributed by atoms with van der Waals surface area (Å²) in [4.78, 5) is 9.29. The Morgan fingerprint density at radius 3 is 2.64 bits per heavy atom. The summed E-state index contributed by atoms with van der Waals surface area (Å²) in [6.07, 6.45) is 1.50. The molecule has 0 radical (unpaired) electrons. The van der Waals surface area contributed by atoms with Crippen LogP contribution in [-0.4, -0.2) is 29.0 Å². The minimum atomic E-state index is -2.62. The molecular weight excluding hydrogens is 326 g/mol. The minimum Gasteiger partial charge on any atom is -0.342 e. The maximum absolute atomic E-state index is 12.6. The Morgan fingerprint density at radius 1 is 1.50 bits per heavy atom. The lowest BCUT2D eigenvalue weighted by molar-refractivity contribution is -0.0267. The molecular formula is C7H5ClF2IN3. The average molecular weight is 331 g/mol. The quantitative estimate of drug-likeness (QED) is 0.739. The van der Waals surface area contributed by atoms with Crippen LogP contribution in [0.25, 0.3) is 0 Å². The van der Waals surface area contributed by atoms with Crippen molar-refractivity contribution in [3.8, 4) is 0 Å². The maximum atomic E-state index is 12.6. The van der Waals surface area contributed by atoms with Crippen molar-refractivity contribution in [2.45, 2.75) is 5.92 Å². The third-order valence-corrected chi connectivity index (χ3v) is 2.60. The van der Waals surface area contributed by atoms with E-state index in [-0.39, 0.29) is 18.2 Å². The van der Waals surface area contributed by atoms with Gasteiger partial charge in [0.25, 0.3) is 5.92 Å². The fourth-order valence-corrected chi connectivity index (χ4v) is 2.00. The van der Waals surface area contributed by atoms with Gasteiger partial charge in [0.1, 0.15) is 3.70 Å². The Hall–Kier alpha value is -0.240. The molecule has 14 heavy (non-hydrogen) atoms. The molecule has 0 N–H and O–H groups in total. The summed E-state index contributed by atoms with van der Waals surface area (Å²) >= 11 is 7.72. The highest BCUT2D eigenvalue weighted by atomic mass is 127. The molecule has 2 heterocycles. The van der Waals surface area contributed by atoms with Crippen LogP contribution < -0.4 is 4.90 Å². The van der Waals surface area contributed by atoms with Gasteiger partial charge in [0.15, 0.2) is 11.0 Å². The highest BCUT2D eigenvalue weighted by Crippen LogP contribution is 2.33. The highest BCUT2D eigenvalue weighted by molar-refractivity contribution is 14.1. The molecule has 1 aromatic rings. The third-order valence-electron chi connectivity index (χ3n) is 1.83. The monoisotopic (exact) mass is 331 g/mol. The first kappa shape index (κ1) is 10.3. The Morgan fingerprint density at radius 2 is 2.14 bits per heavy atom. The Bertz CT molecular complexity index is 366. The van der Waals surface area contributed by atoms with Gasteiger partial charge in [-0.3, -0.25) is 0 Å². The predicted octanol–water partition coefficient (Wildman–Crippen LogP) is 2.19. The molecule has 1 aliphatic heterocycles. The number of hydrogen-bond donors (Lipinski definition) is 0. The lowest BCUT2D eigenvalue weighted by atomic mass is 10.1. The largest absolute Gasteiger partial charge is 0.342 e. The van der Waals surface area contributed by atoms with Crippen LogP contribution in [0.15, 0.2) is 6.20 Å². The minimum absolute atomic E-state index is 0.174. The number of halogens is 4. The van der Waals surface area contributed by atoms with Gasteiger partial charge in [-0.1, -0.05) is 11.6 Å². The van der Waals surface area contributed by atoms with Gasteiger partial charge in [0.2, 0.25) is 0 Å². The second-order valence-corrected chi connectivity index (χ2v) is 4.48. The van der Waals surface area contributed by atoms with Crippen molar-refractivity contribution in [3.05, 3.63) is 15.1 Å². The molecule has 1 saturated heterocycles. The average Bonchev–Trinajstić information content (AvgIpc) is 2.00. The van der Waals surface area contributed by atoms with E-state index in [9.17, 15) is 8.78 Å². The molecule has 0 unspecified atom stereocenters. The number of alkyl halides is 2. The number of aromatic nitrogens is 2. The molecule has 0 saturated carbocycles. The van der Waals surface area contributed by atoms with Crippen LogP contribution in [-0.2, 0) is 0 Å². The van der Waals surface area contributed by atoms with Crippen molar-refractivity contribution in [1.29, 1.82) is 0 Å². The zero-order valence-electron chi connectivity index (χ0n) is 6.85. The van der Waals surface area contributed by atoms with Crippen LogP contribution in [0.1, 0.15) is 0 Å². The summed E-state index contributed by atoms with van der Waals surface area (Å²) in [5.74, 6) is -2.29. The van der Waals surface area contributed by atoms with Crippen molar-refractivity contribution >= 4 is 40.0 Å². The van der Waals surface area contributed by atoms with Crippen molar-refractivity contribution in [1.82, 2.24) is 9.97 Å². The van der Waals surface area contributed by atoms with E-state index in [2.05, 4.69) is 9.97 Å². The molecule has 0 spiro atoms. The van der Waals surface area contributed by atoms with E-state index >= 15 is 0 Å². The standard InChI is InChI=1S/C7H5ClF2IN3/c8-5-6(12-1-4(11)13-5)14-2-7(9,10)3-14/h1H,2-3H2. The summed E-state index contributed by atoms with van der Waals surface area (Å²) in [5.41, 5.74) is 0. The van der Waals surface area contributed by atoms with Gasteiger partial charge in [-0.15, -0.1) is 0 Å². The number of anilines is 1. The van der Waals surface area contributed by atoms with E-state index in [0.717, 1.165) is 0 Å². The zero-order valence-corrected chi connectivity index (χ0v) is 9.76. The molecule has 3 nitrogen and oxygen atoms in total. The molecule has 1 aliphatic rings. The first-order chi connectivity index (χ1) is 6.48. The molecule has 0 amide bonds. The number of nitrogens with zero attached hydrogens (tertiary/aromatic N) is 3. The topological polar surface area (TPSA) is 29.0 Å². The van der Waals surface area contributed by atoms with Gasteiger partial charge in [0, 0.05) is 0 Å². The molecule has 0 bridgehead atoms. The molecule has 1 aromatic heterocycles. The van der Waals surface area contributed by atoms with E-state index < -0.39 is 5.92 Å². The van der Waals surface area contributed by atoms with Crippen LogP contribution in [0.3, 0.4) is 0 Å². The first-order valence-electron chi connectivity index (χ1n) is 3.79. The van der Waals surface area contributed by atoms with Crippen LogP contribution in [0.5, 0.6) is 0 Å². The molecule has 7 heteroatoms. The fraction of sp³-hybridized carbons (Fsp3) is 0.429. The maximum Gasteiger partial charge on any atom is 0.282 e. The van der Waals surface area contributed by atoms with Gasteiger partial charge in [0.05, 0.1) is 19.3 Å². The SMILES string of the molecule is FC1(F)CN(c2ncc(I)nc2Cl)C1. The Balaban J connectivity index is 2.19. The molecule has 1 fully saturated rings. The van der Waals surface area contributed by atoms with Gasteiger partial charge >= 0.3 is 0 Å². The lowest BCUT2D eigenvalue weighted by Crippen LogP contribution is -2.56. The first-order valence-corrected chi connectivity index (χ1v) is 5.24. The van der Waals surface area contributed by atoms with Gasteiger partial charge in [-0.05, 0) is 22.6 Å². The Kier molecular flexibility index (Phi) is 2.50. The smallest absolute Gasteiger partial charge is 0.282 e. The zero-order chi connectivity index (χ0) is 10.3. The lowest BCUT2D eigenvalue weighted by Gasteiger charge is -2.39. The van der Waals surface area contributed by atoms with E-state index in [1.54, 1.807) is 0 Å².